The maximum Gasteiger partial charge on any atom is 0.223 e. The molecule has 4 heteroatoms. The van der Waals surface area contributed by atoms with E-state index in [4.69, 9.17) is 5.73 Å². The van der Waals surface area contributed by atoms with Crippen LogP contribution in [0.2, 0.25) is 0 Å². The van der Waals surface area contributed by atoms with Crippen molar-refractivity contribution in [3.63, 3.8) is 0 Å². The molecule has 4 nitrogen and oxygen atoms in total. The summed E-state index contributed by atoms with van der Waals surface area (Å²) < 4.78 is 0. The first kappa shape index (κ1) is 17.2. The molecule has 2 aromatic carbocycles. The van der Waals surface area contributed by atoms with Crippen LogP contribution in [0.5, 0.6) is 0 Å². The van der Waals surface area contributed by atoms with Crippen LogP contribution in [0.1, 0.15) is 29.9 Å². The molecule has 130 valence electrons. The minimum atomic E-state index is -0.306. The van der Waals surface area contributed by atoms with E-state index in [1.54, 1.807) is 4.90 Å². The lowest BCUT2D eigenvalue weighted by atomic mass is 9.89. The van der Waals surface area contributed by atoms with Crippen LogP contribution >= 0.6 is 0 Å². The van der Waals surface area contributed by atoms with Crippen LogP contribution in [-0.4, -0.2) is 29.8 Å². The van der Waals surface area contributed by atoms with E-state index in [9.17, 15) is 9.59 Å². The molecule has 0 spiro atoms. The molecule has 0 aromatic heterocycles. The van der Waals surface area contributed by atoms with Crippen molar-refractivity contribution in [1.82, 2.24) is 4.90 Å². The summed E-state index contributed by atoms with van der Waals surface area (Å²) in [6.45, 7) is 1.08. The third-order valence-electron chi connectivity index (χ3n) is 4.96. The van der Waals surface area contributed by atoms with E-state index in [-0.39, 0.29) is 23.7 Å². The Morgan fingerprint density at radius 1 is 1.04 bits per heavy atom. The SMILES string of the molecule is NC(=O)[C@@H]1CCN(C(=O)C[C@@H](Cc2ccccc2)c2ccccc2)C1. The molecule has 1 fully saturated rings. The molecule has 2 aromatic rings. The maximum absolute atomic E-state index is 12.8. The van der Waals surface area contributed by atoms with Gasteiger partial charge in [-0.2, -0.15) is 0 Å². The molecule has 25 heavy (non-hydrogen) atoms. The van der Waals surface area contributed by atoms with Gasteiger partial charge in [0.25, 0.3) is 0 Å². The highest BCUT2D eigenvalue weighted by Crippen LogP contribution is 2.27. The number of nitrogens with zero attached hydrogens (tertiary/aromatic N) is 1. The molecular weight excluding hydrogens is 312 g/mol. The van der Waals surface area contributed by atoms with Crippen LogP contribution in [0.15, 0.2) is 60.7 Å². The Morgan fingerprint density at radius 2 is 1.68 bits per heavy atom. The van der Waals surface area contributed by atoms with Gasteiger partial charge in [-0.1, -0.05) is 60.7 Å². The van der Waals surface area contributed by atoms with Gasteiger partial charge in [0, 0.05) is 19.5 Å². The van der Waals surface area contributed by atoms with Gasteiger partial charge in [0.05, 0.1) is 5.92 Å². The molecule has 3 rings (SSSR count). The van der Waals surface area contributed by atoms with Crippen LogP contribution in [-0.2, 0) is 16.0 Å². The van der Waals surface area contributed by atoms with Crippen LogP contribution in [0.3, 0.4) is 0 Å². The Balaban J connectivity index is 1.71. The fraction of sp³-hybridized carbons (Fsp3) is 0.333. The third-order valence-corrected chi connectivity index (χ3v) is 4.96. The summed E-state index contributed by atoms with van der Waals surface area (Å²) in [5.41, 5.74) is 7.77. The number of carbonyl (C=O) groups excluding carboxylic acids is 2. The van der Waals surface area contributed by atoms with Gasteiger partial charge >= 0.3 is 0 Å². The number of likely N-dealkylation sites (tertiary alicyclic amines) is 1. The quantitative estimate of drug-likeness (QED) is 0.881. The average Bonchev–Trinajstić information content (AvgIpc) is 3.13. The van der Waals surface area contributed by atoms with Gasteiger partial charge in [0.1, 0.15) is 0 Å². The van der Waals surface area contributed by atoms with E-state index in [1.807, 2.05) is 36.4 Å². The van der Waals surface area contributed by atoms with E-state index in [0.717, 1.165) is 6.42 Å². The van der Waals surface area contributed by atoms with Crippen molar-refractivity contribution >= 4 is 11.8 Å². The largest absolute Gasteiger partial charge is 0.369 e. The van der Waals surface area contributed by atoms with Gasteiger partial charge in [-0.15, -0.1) is 0 Å². The van der Waals surface area contributed by atoms with Crippen LogP contribution in [0.25, 0.3) is 0 Å². The summed E-state index contributed by atoms with van der Waals surface area (Å²) in [5, 5.41) is 0. The molecule has 0 unspecified atom stereocenters. The number of rotatable bonds is 6. The molecule has 0 bridgehead atoms. The van der Waals surface area contributed by atoms with Crippen molar-refractivity contribution in [2.75, 3.05) is 13.1 Å². The molecule has 2 N–H and O–H groups in total. The Labute approximate surface area is 148 Å². The Morgan fingerprint density at radius 3 is 2.28 bits per heavy atom. The monoisotopic (exact) mass is 336 g/mol. The molecule has 1 aliphatic heterocycles. The smallest absolute Gasteiger partial charge is 0.223 e. The van der Waals surface area contributed by atoms with Crippen LogP contribution in [0.4, 0.5) is 0 Å². The first-order chi connectivity index (χ1) is 12.1. The van der Waals surface area contributed by atoms with E-state index in [2.05, 4.69) is 24.3 Å². The highest BCUT2D eigenvalue weighted by molar-refractivity contribution is 5.81. The molecule has 1 aliphatic rings. The molecule has 2 amide bonds. The second-order valence-electron chi connectivity index (χ2n) is 6.73. The number of nitrogens with two attached hydrogens (primary N) is 1. The summed E-state index contributed by atoms with van der Waals surface area (Å²) in [5.74, 6) is -0.273. The topological polar surface area (TPSA) is 63.4 Å². The summed E-state index contributed by atoms with van der Waals surface area (Å²) in [6.07, 6.45) is 1.95. The zero-order valence-electron chi connectivity index (χ0n) is 14.3. The lowest BCUT2D eigenvalue weighted by molar-refractivity contribution is -0.130. The van der Waals surface area contributed by atoms with Crippen molar-refractivity contribution in [2.45, 2.75) is 25.2 Å². The minimum Gasteiger partial charge on any atom is -0.369 e. The van der Waals surface area contributed by atoms with Crippen LogP contribution in [0, 0.1) is 5.92 Å². The Hall–Kier alpha value is -2.62. The van der Waals surface area contributed by atoms with Crippen molar-refractivity contribution in [1.29, 1.82) is 0 Å². The first-order valence-corrected chi connectivity index (χ1v) is 8.79. The second-order valence-corrected chi connectivity index (χ2v) is 6.73. The van der Waals surface area contributed by atoms with Gasteiger partial charge in [-0.25, -0.2) is 0 Å². The van der Waals surface area contributed by atoms with Crippen LogP contribution < -0.4 is 5.73 Å². The zero-order valence-corrected chi connectivity index (χ0v) is 14.3. The third kappa shape index (κ3) is 4.47. The number of primary amides is 1. The van der Waals surface area contributed by atoms with Gasteiger partial charge in [-0.3, -0.25) is 9.59 Å². The number of hydrogen-bond acceptors (Lipinski definition) is 2. The highest BCUT2D eigenvalue weighted by Gasteiger charge is 2.30. The lowest BCUT2D eigenvalue weighted by Gasteiger charge is -2.22. The fourth-order valence-electron chi connectivity index (χ4n) is 3.49. The summed E-state index contributed by atoms with van der Waals surface area (Å²) >= 11 is 0. The fourth-order valence-corrected chi connectivity index (χ4v) is 3.49. The van der Waals surface area contributed by atoms with Gasteiger partial charge in [0.15, 0.2) is 0 Å². The second kappa shape index (κ2) is 7.97. The molecule has 2 atom stereocenters. The van der Waals surface area contributed by atoms with E-state index >= 15 is 0 Å². The lowest BCUT2D eigenvalue weighted by Crippen LogP contribution is -2.32. The van der Waals surface area contributed by atoms with Gasteiger partial charge < -0.3 is 10.6 Å². The van der Waals surface area contributed by atoms with Crippen molar-refractivity contribution in [3.05, 3.63) is 71.8 Å². The predicted octanol–water partition coefficient (Wildman–Crippen LogP) is 2.74. The van der Waals surface area contributed by atoms with Crippen molar-refractivity contribution in [3.8, 4) is 0 Å². The molecule has 0 saturated carbocycles. The van der Waals surface area contributed by atoms with E-state index in [1.165, 1.54) is 11.1 Å². The van der Waals surface area contributed by atoms with Gasteiger partial charge in [0.2, 0.25) is 11.8 Å². The molecule has 0 radical (unpaired) electrons. The normalized spacial score (nSPS) is 18.1. The van der Waals surface area contributed by atoms with E-state index in [0.29, 0.717) is 25.9 Å². The number of hydrogen-bond donors (Lipinski definition) is 1. The highest BCUT2D eigenvalue weighted by atomic mass is 16.2. The Kier molecular flexibility index (Phi) is 5.49. The standard InChI is InChI=1S/C21H24N2O2/c22-21(25)18-11-12-23(15-18)20(24)14-19(17-9-5-2-6-10-17)13-16-7-3-1-4-8-16/h1-10,18-19H,11-15H2,(H2,22,25)/t18-,19-/m1/s1. The summed E-state index contributed by atoms with van der Waals surface area (Å²) in [7, 11) is 0. The van der Waals surface area contributed by atoms with Crippen molar-refractivity contribution in [2.24, 2.45) is 11.7 Å². The molecule has 1 heterocycles. The molecule has 1 saturated heterocycles. The number of carbonyl (C=O) groups is 2. The molecule has 0 aliphatic carbocycles. The summed E-state index contributed by atoms with van der Waals surface area (Å²) in [6, 6.07) is 20.4. The summed E-state index contributed by atoms with van der Waals surface area (Å²) in [4.78, 5) is 25.9. The van der Waals surface area contributed by atoms with Gasteiger partial charge in [-0.05, 0) is 29.9 Å². The first-order valence-electron chi connectivity index (χ1n) is 8.79. The van der Waals surface area contributed by atoms with E-state index < -0.39 is 0 Å². The predicted molar refractivity (Wildman–Crippen MR) is 97.8 cm³/mol. The van der Waals surface area contributed by atoms with Crippen molar-refractivity contribution < 1.29 is 9.59 Å². The number of benzene rings is 2. The zero-order chi connectivity index (χ0) is 17.6. The number of amides is 2. The Bertz CT molecular complexity index is 715. The molecular formula is C21H24N2O2. The minimum absolute atomic E-state index is 0.105. The average molecular weight is 336 g/mol. The maximum atomic E-state index is 12.8.